The maximum Gasteiger partial charge on any atom is 0.307 e. The van der Waals surface area contributed by atoms with Gasteiger partial charge in [0, 0.05) is 4.47 Å². The predicted octanol–water partition coefficient (Wildman–Crippen LogP) is 3.03. The first-order valence-corrected chi connectivity index (χ1v) is 6.77. The molecule has 1 aliphatic rings. The Morgan fingerprint density at radius 3 is 2.63 bits per heavy atom. The Bertz CT molecular complexity index is 521. The molecule has 0 radical (unpaired) electrons. The van der Waals surface area contributed by atoms with E-state index >= 15 is 0 Å². The summed E-state index contributed by atoms with van der Waals surface area (Å²) in [7, 11) is 0. The molecule has 4 nitrogen and oxygen atoms in total. The van der Waals surface area contributed by atoms with E-state index in [1.807, 2.05) is 0 Å². The molecule has 102 valence electrons. The van der Waals surface area contributed by atoms with Crippen LogP contribution >= 0.6 is 15.9 Å². The number of carboxylic acid groups (broad SMARTS) is 1. The van der Waals surface area contributed by atoms with Gasteiger partial charge in [-0.25, -0.2) is 4.39 Å². The van der Waals surface area contributed by atoms with Crippen molar-refractivity contribution < 1.29 is 19.1 Å². The van der Waals surface area contributed by atoms with E-state index in [1.165, 1.54) is 18.2 Å². The van der Waals surface area contributed by atoms with Crippen molar-refractivity contribution in [2.24, 2.45) is 11.8 Å². The number of amides is 1. The van der Waals surface area contributed by atoms with Gasteiger partial charge in [0.1, 0.15) is 5.82 Å². The number of rotatable bonds is 3. The lowest BCUT2D eigenvalue weighted by molar-refractivity contribution is -0.145. The summed E-state index contributed by atoms with van der Waals surface area (Å²) >= 11 is 3.16. The van der Waals surface area contributed by atoms with Crippen LogP contribution in [0.3, 0.4) is 0 Å². The largest absolute Gasteiger partial charge is 0.481 e. The summed E-state index contributed by atoms with van der Waals surface area (Å²) < 4.78 is 13.4. The van der Waals surface area contributed by atoms with Crippen molar-refractivity contribution in [3.8, 4) is 0 Å². The molecule has 1 fully saturated rings. The molecule has 2 rings (SSSR count). The van der Waals surface area contributed by atoms with Crippen molar-refractivity contribution in [3.05, 3.63) is 28.5 Å². The zero-order chi connectivity index (χ0) is 14.0. The van der Waals surface area contributed by atoms with Crippen molar-refractivity contribution in [1.82, 2.24) is 0 Å². The Morgan fingerprint density at radius 2 is 2.00 bits per heavy atom. The number of benzene rings is 1. The number of carbonyl (C=O) groups is 2. The normalized spacial score (nSPS) is 22.2. The van der Waals surface area contributed by atoms with Gasteiger partial charge in [0.2, 0.25) is 5.91 Å². The number of halogens is 2. The molecule has 0 saturated heterocycles. The van der Waals surface area contributed by atoms with Crippen LogP contribution in [0.4, 0.5) is 10.1 Å². The van der Waals surface area contributed by atoms with Gasteiger partial charge in [-0.3, -0.25) is 9.59 Å². The smallest absolute Gasteiger partial charge is 0.307 e. The molecule has 2 atom stereocenters. The highest BCUT2D eigenvalue weighted by molar-refractivity contribution is 9.10. The number of carbonyl (C=O) groups excluding carboxylic acids is 1. The van der Waals surface area contributed by atoms with Crippen LogP contribution in [0.1, 0.15) is 19.3 Å². The van der Waals surface area contributed by atoms with Gasteiger partial charge in [0.25, 0.3) is 0 Å². The van der Waals surface area contributed by atoms with Crippen LogP contribution in [0, 0.1) is 17.7 Å². The fourth-order valence-corrected chi connectivity index (χ4v) is 2.84. The minimum absolute atomic E-state index is 0.322. The van der Waals surface area contributed by atoms with Gasteiger partial charge in [-0.2, -0.15) is 0 Å². The average molecular weight is 330 g/mol. The molecule has 1 aliphatic carbocycles. The van der Waals surface area contributed by atoms with Gasteiger partial charge < -0.3 is 10.4 Å². The van der Waals surface area contributed by atoms with Gasteiger partial charge in [-0.1, -0.05) is 6.42 Å². The Hall–Kier alpha value is -1.43. The number of anilines is 1. The third kappa shape index (κ3) is 3.12. The zero-order valence-corrected chi connectivity index (χ0v) is 11.6. The fraction of sp³-hybridized carbons (Fsp3) is 0.385. The summed E-state index contributed by atoms with van der Waals surface area (Å²) in [5.41, 5.74) is 0.447. The maximum atomic E-state index is 12.9. The van der Waals surface area contributed by atoms with Gasteiger partial charge in [0.05, 0.1) is 17.5 Å². The second-order valence-corrected chi connectivity index (χ2v) is 5.45. The van der Waals surface area contributed by atoms with Crippen LogP contribution in [0.25, 0.3) is 0 Å². The predicted molar refractivity (Wildman–Crippen MR) is 71.2 cm³/mol. The lowest BCUT2D eigenvalue weighted by Gasteiger charge is -2.16. The molecule has 2 N–H and O–H groups in total. The molecule has 0 aromatic heterocycles. The molecule has 6 heteroatoms. The van der Waals surface area contributed by atoms with E-state index in [2.05, 4.69) is 21.2 Å². The molecule has 2 unspecified atom stereocenters. The van der Waals surface area contributed by atoms with Crippen molar-refractivity contribution >= 4 is 33.5 Å². The molecule has 1 amide bonds. The summed E-state index contributed by atoms with van der Waals surface area (Å²) in [5.74, 6) is -2.81. The summed E-state index contributed by atoms with van der Waals surface area (Å²) in [6.07, 6.45) is 1.83. The number of carboxylic acids is 1. The topological polar surface area (TPSA) is 66.4 Å². The lowest BCUT2D eigenvalue weighted by Crippen LogP contribution is -2.30. The van der Waals surface area contributed by atoms with E-state index < -0.39 is 23.6 Å². The number of aliphatic carboxylic acids is 1. The molecular weight excluding hydrogens is 317 g/mol. The van der Waals surface area contributed by atoms with Crippen molar-refractivity contribution in [3.63, 3.8) is 0 Å². The second-order valence-electron chi connectivity index (χ2n) is 4.60. The Labute approximate surface area is 118 Å². The maximum absolute atomic E-state index is 12.9. The van der Waals surface area contributed by atoms with E-state index in [0.29, 0.717) is 23.0 Å². The number of hydrogen-bond donors (Lipinski definition) is 2. The zero-order valence-electron chi connectivity index (χ0n) is 10.0. The molecule has 0 heterocycles. The molecule has 19 heavy (non-hydrogen) atoms. The van der Waals surface area contributed by atoms with Gasteiger partial charge in [-0.15, -0.1) is 0 Å². The SMILES string of the molecule is O=C(O)C1CCCC1C(=O)Nc1ccc(F)cc1Br. The number of nitrogens with one attached hydrogen (secondary N) is 1. The molecule has 1 saturated carbocycles. The van der Waals surface area contributed by atoms with Crippen LogP contribution in [-0.2, 0) is 9.59 Å². The first-order valence-electron chi connectivity index (χ1n) is 5.98. The van der Waals surface area contributed by atoms with Crippen LogP contribution in [0.15, 0.2) is 22.7 Å². The molecule has 0 bridgehead atoms. The average Bonchev–Trinajstić information content (AvgIpc) is 2.82. The second kappa shape index (κ2) is 5.69. The minimum atomic E-state index is -0.934. The van der Waals surface area contributed by atoms with Crippen LogP contribution in [0.5, 0.6) is 0 Å². The quantitative estimate of drug-likeness (QED) is 0.895. The van der Waals surface area contributed by atoms with Crippen molar-refractivity contribution in [1.29, 1.82) is 0 Å². The molecule has 0 aliphatic heterocycles. The highest BCUT2D eigenvalue weighted by Gasteiger charge is 2.37. The Balaban J connectivity index is 2.10. The van der Waals surface area contributed by atoms with Gasteiger partial charge >= 0.3 is 5.97 Å². The van der Waals surface area contributed by atoms with Gasteiger partial charge in [0.15, 0.2) is 0 Å². The molecule has 1 aromatic carbocycles. The van der Waals surface area contributed by atoms with E-state index in [1.54, 1.807) is 0 Å². The van der Waals surface area contributed by atoms with Gasteiger partial charge in [-0.05, 0) is 47.0 Å². The molecular formula is C13H13BrFNO3. The number of hydrogen-bond acceptors (Lipinski definition) is 2. The third-order valence-corrected chi connectivity index (χ3v) is 4.02. The standard InChI is InChI=1S/C13H13BrFNO3/c14-10-6-7(15)4-5-11(10)16-12(17)8-2-1-3-9(8)13(18)19/h4-6,8-9H,1-3H2,(H,16,17)(H,18,19). The first kappa shape index (κ1) is 14.0. The van der Waals surface area contributed by atoms with E-state index in [9.17, 15) is 14.0 Å². The summed E-state index contributed by atoms with van der Waals surface area (Å²) in [6, 6.07) is 3.94. The monoisotopic (exact) mass is 329 g/mol. The summed E-state index contributed by atoms with van der Waals surface area (Å²) in [4.78, 5) is 23.1. The van der Waals surface area contributed by atoms with E-state index in [-0.39, 0.29) is 5.91 Å². The first-order chi connectivity index (χ1) is 8.99. The fourth-order valence-electron chi connectivity index (χ4n) is 2.39. The highest BCUT2D eigenvalue weighted by Crippen LogP contribution is 2.33. The van der Waals surface area contributed by atoms with Crippen LogP contribution in [0.2, 0.25) is 0 Å². The lowest BCUT2D eigenvalue weighted by atomic mass is 9.95. The minimum Gasteiger partial charge on any atom is -0.481 e. The summed E-state index contributed by atoms with van der Waals surface area (Å²) in [6.45, 7) is 0. The van der Waals surface area contributed by atoms with Crippen molar-refractivity contribution in [2.45, 2.75) is 19.3 Å². The molecule has 1 aromatic rings. The van der Waals surface area contributed by atoms with E-state index in [0.717, 1.165) is 6.42 Å². The summed E-state index contributed by atoms with van der Waals surface area (Å²) in [5, 5.41) is 11.7. The Morgan fingerprint density at radius 1 is 1.32 bits per heavy atom. The van der Waals surface area contributed by atoms with E-state index in [4.69, 9.17) is 5.11 Å². The highest BCUT2D eigenvalue weighted by atomic mass is 79.9. The molecule has 0 spiro atoms. The van der Waals surface area contributed by atoms with Crippen LogP contribution in [-0.4, -0.2) is 17.0 Å². The van der Waals surface area contributed by atoms with Crippen LogP contribution < -0.4 is 5.32 Å². The van der Waals surface area contributed by atoms with Crippen molar-refractivity contribution in [2.75, 3.05) is 5.32 Å². The third-order valence-electron chi connectivity index (χ3n) is 3.36. The Kier molecular flexibility index (Phi) is 4.19.